The molecule has 1 aliphatic heterocycles. The number of nitrogens with zero attached hydrogens (tertiary/aromatic N) is 2. The van der Waals surface area contributed by atoms with Crippen LogP contribution in [0.3, 0.4) is 0 Å². The van der Waals surface area contributed by atoms with Crippen molar-refractivity contribution in [2.24, 2.45) is 0 Å². The average Bonchev–Trinajstić information content (AvgIpc) is 2.77. The molecule has 0 spiro atoms. The fourth-order valence-electron chi connectivity index (χ4n) is 3.97. The van der Waals surface area contributed by atoms with Gasteiger partial charge in [-0.2, -0.15) is 13.2 Å². The van der Waals surface area contributed by atoms with E-state index in [0.717, 1.165) is 17.2 Å². The van der Waals surface area contributed by atoms with Gasteiger partial charge in [0, 0.05) is 29.4 Å². The van der Waals surface area contributed by atoms with Gasteiger partial charge in [0.05, 0.1) is 17.1 Å². The van der Waals surface area contributed by atoms with Crippen molar-refractivity contribution < 1.29 is 26.3 Å². The van der Waals surface area contributed by atoms with Crippen molar-refractivity contribution in [1.82, 2.24) is 9.97 Å². The van der Waals surface area contributed by atoms with Gasteiger partial charge < -0.3 is 4.74 Å². The largest absolute Gasteiger partial charge is 0.493 e. The van der Waals surface area contributed by atoms with E-state index in [9.17, 15) is 21.6 Å². The van der Waals surface area contributed by atoms with E-state index < -0.39 is 21.8 Å². The molecule has 0 fully saturated rings. The minimum atomic E-state index is -4.41. The van der Waals surface area contributed by atoms with Crippen LogP contribution in [0.4, 0.5) is 19.1 Å². The van der Waals surface area contributed by atoms with Crippen molar-refractivity contribution in [3.8, 4) is 5.75 Å². The third-order valence-electron chi connectivity index (χ3n) is 5.58. The monoisotopic (exact) mass is 477 g/mol. The minimum absolute atomic E-state index is 0.0184. The van der Waals surface area contributed by atoms with Crippen LogP contribution < -0.4 is 9.46 Å². The first kappa shape index (κ1) is 23.0. The van der Waals surface area contributed by atoms with Gasteiger partial charge in [0.2, 0.25) is 5.95 Å². The number of ether oxygens (including phenoxy) is 1. The zero-order valence-electron chi connectivity index (χ0n) is 18.0. The molecule has 0 amide bonds. The molecule has 2 heterocycles. The molecule has 2 aromatic carbocycles. The Morgan fingerprint density at radius 1 is 1.12 bits per heavy atom. The number of benzene rings is 2. The molecule has 0 aliphatic carbocycles. The van der Waals surface area contributed by atoms with E-state index in [4.69, 9.17) is 4.74 Å². The maximum absolute atomic E-state index is 13.2. The van der Waals surface area contributed by atoms with Crippen LogP contribution in [0.25, 0.3) is 0 Å². The summed E-state index contributed by atoms with van der Waals surface area (Å²) in [5.41, 5.74) is 2.07. The molecule has 1 N–H and O–H groups in total. The topological polar surface area (TPSA) is 81.2 Å². The number of aryl methyl sites for hydroxylation is 2. The predicted molar refractivity (Wildman–Crippen MR) is 117 cm³/mol. The van der Waals surface area contributed by atoms with Crippen molar-refractivity contribution in [3.63, 3.8) is 0 Å². The van der Waals surface area contributed by atoms with Crippen LogP contribution in [0.2, 0.25) is 0 Å². The summed E-state index contributed by atoms with van der Waals surface area (Å²) in [5, 5.41) is 0. The highest BCUT2D eigenvalue weighted by atomic mass is 32.2. The average molecular weight is 478 g/mol. The predicted octanol–water partition coefficient (Wildman–Crippen LogP) is 5.08. The van der Waals surface area contributed by atoms with E-state index in [-0.39, 0.29) is 16.8 Å². The summed E-state index contributed by atoms with van der Waals surface area (Å²) < 4.78 is 73.2. The Hall–Kier alpha value is -3.14. The molecule has 1 aliphatic rings. The van der Waals surface area contributed by atoms with Gasteiger partial charge in [0.1, 0.15) is 5.75 Å². The lowest BCUT2D eigenvalue weighted by Gasteiger charge is -2.28. The summed E-state index contributed by atoms with van der Waals surface area (Å²) in [6, 6.07) is 9.98. The van der Waals surface area contributed by atoms with E-state index in [2.05, 4.69) is 14.7 Å². The van der Waals surface area contributed by atoms with Crippen molar-refractivity contribution in [2.45, 2.75) is 43.7 Å². The van der Waals surface area contributed by atoms with E-state index in [1.807, 2.05) is 6.92 Å². The summed E-state index contributed by atoms with van der Waals surface area (Å²) in [5.74, 6) is 0.154. The number of fused-ring (bicyclic) bond motifs is 1. The van der Waals surface area contributed by atoms with Crippen LogP contribution in [0.1, 0.15) is 47.2 Å². The van der Waals surface area contributed by atoms with Crippen molar-refractivity contribution in [3.05, 3.63) is 76.6 Å². The number of aromatic nitrogens is 2. The number of alkyl halides is 3. The summed E-state index contributed by atoms with van der Waals surface area (Å²) in [6.07, 6.45) is -1.94. The lowest BCUT2D eigenvalue weighted by atomic mass is 9.83. The van der Waals surface area contributed by atoms with Gasteiger partial charge in [-0.15, -0.1) is 0 Å². The second-order valence-corrected chi connectivity index (χ2v) is 9.46. The molecule has 33 heavy (non-hydrogen) atoms. The van der Waals surface area contributed by atoms with Crippen molar-refractivity contribution in [1.29, 1.82) is 0 Å². The van der Waals surface area contributed by atoms with E-state index in [1.165, 1.54) is 30.5 Å². The van der Waals surface area contributed by atoms with Gasteiger partial charge in [-0.05, 0) is 55.2 Å². The van der Waals surface area contributed by atoms with Gasteiger partial charge in [-0.1, -0.05) is 19.1 Å². The summed E-state index contributed by atoms with van der Waals surface area (Å²) in [7, 11) is -3.96. The molecule has 3 aromatic rings. The van der Waals surface area contributed by atoms with E-state index in [0.29, 0.717) is 36.5 Å². The fourth-order valence-corrected chi connectivity index (χ4v) is 4.93. The number of rotatable bonds is 5. The third-order valence-corrected chi connectivity index (χ3v) is 6.91. The molecule has 0 unspecified atom stereocenters. The van der Waals surface area contributed by atoms with Crippen LogP contribution in [-0.4, -0.2) is 25.0 Å². The molecular formula is C23H22F3N3O3S. The lowest BCUT2D eigenvalue weighted by molar-refractivity contribution is -0.137. The van der Waals surface area contributed by atoms with Gasteiger partial charge in [0.25, 0.3) is 10.0 Å². The third kappa shape index (κ3) is 4.80. The van der Waals surface area contributed by atoms with Gasteiger partial charge in [-0.25, -0.2) is 23.1 Å². The Morgan fingerprint density at radius 2 is 1.88 bits per heavy atom. The molecule has 0 bridgehead atoms. The Bertz CT molecular complexity index is 1290. The Balaban J connectivity index is 1.68. The molecule has 0 saturated carbocycles. The zero-order valence-corrected chi connectivity index (χ0v) is 18.8. The number of sulfonamides is 1. The minimum Gasteiger partial charge on any atom is -0.493 e. The molecule has 10 heteroatoms. The second-order valence-electron chi connectivity index (χ2n) is 7.78. The Kier molecular flexibility index (Phi) is 6.04. The van der Waals surface area contributed by atoms with Crippen LogP contribution >= 0.6 is 0 Å². The van der Waals surface area contributed by atoms with Crippen LogP contribution in [0.5, 0.6) is 5.75 Å². The van der Waals surface area contributed by atoms with Gasteiger partial charge in [0.15, 0.2) is 0 Å². The molecule has 6 nitrogen and oxygen atoms in total. The van der Waals surface area contributed by atoms with Crippen LogP contribution in [0, 0.1) is 6.92 Å². The van der Waals surface area contributed by atoms with Gasteiger partial charge in [-0.3, -0.25) is 0 Å². The SMILES string of the molecule is CCc1cc(C(F)(F)F)ccc1[C@H]1CCOc2cc(S(=O)(=O)Nc3nccc(C)n3)ccc21. The summed E-state index contributed by atoms with van der Waals surface area (Å²) >= 11 is 0. The van der Waals surface area contributed by atoms with Crippen molar-refractivity contribution in [2.75, 3.05) is 11.3 Å². The highest BCUT2D eigenvalue weighted by Crippen LogP contribution is 2.42. The van der Waals surface area contributed by atoms with Crippen molar-refractivity contribution >= 4 is 16.0 Å². The Labute approximate surface area is 189 Å². The highest BCUT2D eigenvalue weighted by Gasteiger charge is 2.32. The molecule has 0 saturated heterocycles. The smallest absolute Gasteiger partial charge is 0.416 e. The Morgan fingerprint density at radius 3 is 2.58 bits per heavy atom. The number of anilines is 1. The first-order chi connectivity index (χ1) is 15.6. The fraction of sp³-hybridized carbons (Fsp3) is 0.304. The standard InChI is InChI=1S/C23H22F3N3O3S/c1-3-15-12-16(23(24,25)26)4-6-18(15)19-9-11-32-21-13-17(5-7-20(19)21)33(30,31)29-22-27-10-8-14(2)28-22/h4-8,10,12-13,19H,3,9,11H2,1-2H3,(H,27,28,29)/t19-/m1/s1. The maximum atomic E-state index is 13.2. The van der Waals surface area contributed by atoms with E-state index >= 15 is 0 Å². The molecular weight excluding hydrogens is 455 g/mol. The number of halogens is 3. The first-order valence-electron chi connectivity index (χ1n) is 10.4. The van der Waals surface area contributed by atoms with Crippen LogP contribution in [-0.2, 0) is 22.6 Å². The molecule has 1 aromatic heterocycles. The normalized spacial score (nSPS) is 16.1. The molecule has 174 valence electrons. The first-order valence-corrected chi connectivity index (χ1v) is 11.9. The molecule has 0 radical (unpaired) electrons. The van der Waals surface area contributed by atoms with E-state index in [1.54, 1.807) is 19.1 Å². The molecule has 4 rings (SSSR count). The maximum Gasteiger partial charge on any atom is 0.416 e. The van der Waals surface area contributed by atoms with Gasteiger partial charge >= 0.3 is 6.18 Å². The number of hydrogen-bond donors (Lipinski definition) is 1. The summed E-state index contributed by atoms with van der Waals surface area (Å²) in [4.78, 5) is 7.96. The summed E-state index contributed by atoms with van der Waals surface area (Å²) in [6.45, 7) is 3.85. The quantitative estimate of drug-likeness (QED) is 0.554. The molecule has 1 atom stereocenters. The second kappa shape index (κ2) is 8.66. The number of nitrogens with one attached hydrogen (secondary N) is 1. The number of hydrogen-bond acceptors (Lipinski definition) is 5. The lowest BCUT2D eigenvalue weighted by Crippen LogP contribution is -2.19. The zero-order chi connectivity index (χ0) is 23.8. The van der Waals surface area contributed by atoms with Crippen LogP contribution in [0.15, 0.2) is 53.6 Å². The highest BCUT2D eigenvalue weighted by molar-refractivity contribution is 7.92.